The molecule has 0 aromatic carbocycles. The zero-order chi connectivity index (χ0) is 15.3. The summed E-state index contributed by atoms with van der Waals surface area (Å²) in [5.74, 6) is 0. The Morgan fingerprint density at radius 1 is 1.05 bits per heavy atom. The Bertz CT molecular complexity index is 278. The van der Waals surface area contributed by atoms with Gasteiger partial charge in [-0.1, -0.05) is 56.8 Å². The molecule has 0 radical (unpaired) electrons. The van der Waals surface area contributed by atoms with E-state index in [0.29, 0.717) is 13.2 Å². The average Bonchev–Trinajstić information content (AvgIpc) is 2.41. The average molecular weight is 340 g/mol. The Hall–Kier alpha value is 0.590. The first-order chi connectivity index (χ1) is 9.61. The smallest absolute Gasteiger partial charge is 0.248 e. The molecule has 0 bridgehead atoms. The molecule has 20 heavy (non-hydrogen) atoms. The van der Waals surface area contributed by atoms with E-state index in [9.17, 15) is 4.79 Å². The van der Waals surface area contributed by atoms with Gasteiger partial charge in [0.05, 0.1) is 18.5 Å². The molecule has 0 fully saturated rings. The maximum absolute atomic E-state index is 11.2. The molecular formula is C14H29O3PS2. The van der Waals surface area contributed by atoms with Gasteiger partial charge in [0.25, 0.3) is 0 Å². The predicted octanol–water partition coefficient (Wildman–Crippen LogP) is 5.34. The summed E-state index contributed by atoms with van der Waals surface area (Å²) >= 11 is 6.87. The Kier molecular flexibility index (Phi) is 13.7. The molecule has 6 heteroatoms. The first-order valence-electron chi connectivity index (χ1n) is 7.64. The molecule has 0 aromatic heterocycles. The molecule has 0 aliphatic carbocycles. The third kappa shape index (κ3) is 10.3. The number of hydrogen-bond donors (Lipinski definition) is 0. The number of hydrogen-bond acceptors (Lipinski definition) is 5. The first-order valence-corrected chi connectivity index (χ1v) is 11.8. The normalized spacial score (nSPS) is 13.3. The number of aldehydes is 1. The van der Waals surface area contributed by atoms with Crippen molar-refractivity contribution in [2.24, 2.45) is 0 Å². The van der Waals surface area contributed by atoms with E-state index >= 15 is 0 Å². The molecule has 0 heterocycles. The first kappa shape index (κ1) is 20.6. The van der Waals surface area contributed by atoms with Crippen molar-refractivity contribution in [3.05, 3.63) is 0 Å². The second-order valence-electron chi connectivity index (χ2n) is 4.62. The lowest BCUT2D eigenvalue weighted by Crippen LogP contribution is -2.06. The summed E-state index contributed by atoms with van der Waals surface area (Å²) in [5.41, 5.74) is -2.34. The minimum Gasteiger partial charge on any atom is -0.322 e. The van der Waals surface area contributed by atoms with Crippen molar-refractivity contribution in [3.8, 4) is 0 Å². The molecule has 3 nitrogen and oxygen atoms in total. The summed E-state index contributed by atoms with van der Waals surface area (Å²) in [6, 6.07) is 0. The van der Waals surface area contributed by atoms with Crippen molar-refractivity contribution < 1.29 is 13.8 Å². The van der Waals surface area contributed by atoms with Crippen LogP contribution < -0.4 is 0 Å². The maximum Gasteiger partial charge on any atom is 0.248 e. The highest BCUT2D eigenvalue weighted by molar-refractivity contribution is 8.68. The molecule has 0 N–H and O–H groups in total. The van der Waals surface area contributed by atoms with Crippen LogP contribution in [0, 0.1) is 0 Å². The van der Waals surface area contributed by atoms with Gasteiger partial charge in [0.1, 0.15) is 6.29 Å². The number of rotatable bonds is 14. The fourth-order valence-corrected chi connectivity index (χ4v) is 7.42. The summed E-state index contributed by atoms with van der Waals surface area (Å²) in [6.45, 7) is 7.10. The number of carbonyl (C=O) groups excluding carboxylic acids is 1. The number of unbranched alkanes of at least 4 members (excludes halogenated alkanes) is 5. The lowest BCUT2D eigenvalue weighted by atomic mass is 10.1. The van der Waals surface area contributed by atoms with Crippen LogP contribution in [0.2, 0.25) is 0 Å². The fourth-order valence-electron chi connectivity index (χ4n) is 1.85. The van der Waals surface area contributed by atoms with Crippen LogP contribution in [0.5, 0.6) is 0 Å². The standard InChI is InChI=1S/C14H29O3PS2/c1-4-7-8-9-10-11-12-14(13-15)20-18(19,16-5-2)17-6-3/h13-14H,4-12H2,1-3H3. The highest BCUT2D eigenvalue weighted by atomic mass is 32.9. The third-order valence-electron chi connectivity index (χ3n) is 2.83. The summed E-state index contributed by atoms with van der Waals surface area (Å²) in [4.78, 5) is 11.2. The summed E-state index contributed by atoms with van der Waals surface area (Å²) < 4.78 is 11.1. The summed E-state index contributed by atoms with van der Waals surface area (Å²) in [5, 5.41) is -0.0925. The minimum absolute atomic E-state index is 0.0925. The van der Waals surface area contributed by atoms with Crippen LogP contribution >= 0.6 is 17.1 Å². The predicted molar refractivity (Wildman–Crippen MR) is 93.0 cm³/mol. The van der Waals surface area contributed by atoms with E-state index in [1.54, 1.807) is 0 Å². The Morgan fingerprint density at radius 2 is 1.60 bits per heavy atom. The van der Waals surface area contributed by atoms with Gasteiger partial charge in [-0.25, -0.2) is 0 Å². The lowest BCUT2D eigenvalue weighted by Gasteiger charge is -2.22. The monoisotopic (exact) mass is 340 g/mol. The van der Waals surface area contributed by atoms with Gasteiger partial charge in [0.15, 0.2) is 0 Å². The van der Waals surface area contributed by atoms with E-state index in [1.807, 2.05) is 13.8 Å². The van der Waals surface area contributed by atoms with Gasteiger partial charge in [0, 0.05) is 0 Å². The summed E-state index contributed by atoms with van der Waals surface area (Å²) in [7, 11) is 0. The highest BCUT2D eigenvalue weighted by Gasteiger charge is 2.24. The molecule has 0 aromatic rings. The fraction of sp³-hybridized carbons (Fsp3) is 0.929. The number of carbonyl (C=O) groups is 1. The minimum atomic E-state index is -2.34. The maximum atomic E-state index is 11.2. The zero-order valence-corrected chi connectivity index (χ0v) is 15.5. The molecule has 1 unspecified atom stereocenters. The second kappa shape index (κ2) is 13.3. The largest absolute Gasteiger partial charge is 0.322 e. The van der Waals surface area contributed by atoms with Gasteiger partial charge in [-0.05, 0) is 32.1 Å². The van der Waals surface area contributed by atoms with Gasteiger partial charge in [-0.2, -0.15) is 0 Å². The molecule has 1 atom stereocenters. The van der Waals surface area contributed by atoms with Crippen LogP contribution in [0.4, 0.5) is 0 Å². The molecule has 0 spiro atoms. The third-order valence-corrected chi connectivity index (χ3v) is 8.48. The topological polar surface area (TPSA) is 35.5 Å². The van der Waals surface area contributed by atoms with Crippen LogP contribution in [-0.2, 0) is 25.6 Å². The van der Waals surface area contributed by atoms with Crippen LogP contribution in [0.15, 0.2) is 0 Å². The van der Waals surface area contributed by atoms with E-state index < -0.39 is 5.69 Å². The van der Waals surface area contributed by atoms with Crippen molar-refractivity contribution in [2.75, 3.05) is 13.2 Å². The van der Waals surface area contributed by atoms with E-state index in [2.05, 4.69) is 6.92 Å². The quantitative estimate of drug-likeness (QED) is 0.242. The molecule has 0 saturated heterocycles. The van der Waals surface area contributed by atoms with Crippen molar-refractivity contribution >= 4 is 35.2 Å². The molecule has 0 aliphatic heterocycles. The van der Waals surface area contributed by atoms with E-state index in [0.717, 1.165) is 19.1 Å². The zero-order valence-electron chi connectivity index (χ0n) is 13.0. The second-order valence-corrected chi connectivity index (χ2v) is 11.1. The van der Waals surface area contributed by atoms with Crippen molar-refractivity contribution in [2.45, 2.75) is 71.0 Å². The van der Waals surface area contributed by atoms with Gasteiger partial charge in [-0.3, -0.25) is 0 Å². The molecule has 0 amide bonds. The van der Waals surface area contributed by atoms with Crippen molar-refractivity contribution in [1.82, 2.24) is 0 Å². The lowest BCUT2D eigenvalue weighted by molar-refractivity contribution is -0.107. The van der Waals surface area contributed by atoms with E-state index in [-0.39, 0.29) is 5.25 Å². The highest BCUT2D eigenvalue weighted by Crippen LogP contribution is 2.62. The van der Waals surface area contributed by atoms with Gasteiger partial charge < -0.3 is 13.8 Å². The van der Waals surface area contributed by atoms with Crippen LogP contribution in [0.1, 0.15) is 65.7 Å². The Morgan fingerprint density at radius 3 is 2.10 bits per heavy atom. The van der Waals surface area contributed by atoms with Crippen molar-refractivity contribution in [3.63, 3.8) is 0 Å². The summed E-state index contributed by atoms with van der Waals surface area (Å²) in [6.07, 6.45) is 9.26. The molecule has 0 aliphatic rings. The van der Waals surface area contributed by atoms with Gasteiger partial charge in [0.2, 0.25) is 5.69 Å². The Balaban J connectivity index is 4.05. The molecule has 0 rings (SSSR count). The van der Waals surface area contributed by atoms with Crippen molar-refractivity contribution in [1.29, 1.82) is 0 Å². The molecule has 120 valence electrons. The Labute approximate surface area is 133 Å². The van der Waals surface area contributed by atoms with E-state index in [1.165, 1.54) is 43.5 Å². The molecule has 0 saturated carbocycles. The van der Waals surface area contributed by atoms with Crippen LogP contribution in [-0.4, -0.2) is 24.7 Å². The van der Waals surface area contributed by atoms with Gasteiger partial charge >= 0.3 is 0 Å². The SMILES string of the molecule is CCCCCCCCC(C=O)SP(=S)(OCC)OCC. The van der Waals surface area contributed by atoms with Crippen LogP contribution in [0.3, 0.4) is 0 Å². The van der Waals surface area contributed by atoms with E-state index in [4.69, 9.17) is 20.9 Å². The molecular weight excluding hydrogens is 311 g/mol. The van der Waals surface area contributed by atoms with Gasteiger partial charge in [-0.15, -0.1) is 0 Å². The van der Waals surface area contributed by atoms with Crippen LogP contribution in [0.25, 0.3) is 0 Å².